The average molecular weight is 308 g/mol. The van der Waals surface area contributed by atoms with E-state index in [1.54, 1.807) is 0 Å². The van der Waals surface area contributed by atoms with Crippen LogP contribution in [0.25, 0.3) is 0 Å². The molecule has 0 radical (unpaired) electrons. The van der Waals surface area contributed by atoms with E-state index in [2.05, 4.69) is 13.8 Å². The highest BCUT2D eigenvalue weighted by atomic mass is 35.5. The summed E-state index contributed by atoms with van der Waals surface area (Å²) in [6, 6.07) is 0. The van der Waals surface area contributed by atoms with Gasteiger partial charge in [0, 0.05) is 35.1 Å². The van der Waals surface area contributed by atoms with Gasteiger partial charge in [-0.15, -0.1) is 0 Å². The number of hydrogen-bond donors (Lipinski definition) is 1. The number of nitrogens with two attached hydrogens (primary N) is 1. The van der Waals surface area contributed by atoms with E-state index < -0.39 is 0 Å². The molecule has 2 heterocycles. The molecule has 4 heteroatoms. The molecule has 1 aromatic rings. The van der Waals surface area contributed by atoms with Crippen molar-refractivity contribution in [2.45, 2.75) is 70.1 Å². The Morgan fingerprint density at radius 2 is 1.57 bits per heavy atom. The predicted molar refractivity (Wildman–Crippen MR) is 83.4 cm³/mol. The minimum absolute atomic E-state index is 0.168. The van der Waals surface area contributed by atoms with Gasteiger partial charge in [0.15, 0.2) is 0 Å². The van der Waals surface area contributed by atoms with Crippen LogP contribution in [-0.2, 0) is 18.4 Å². The first-order chi connectivity index (χ1) is 9.99. The number of hydrogen-bond acceptors (Lipinski definition) is 3. The maximum absolute atomic E-state index is 6.79. The maximum atomic E-state index is 6.79. The Kier molecular flexibility index (Phi) is 2.96. The summed E-state index contributed by atoms with van der Waals surface area (Å²) in [7, 11) is 0. The van der Waals surface area contributed by atoms with Crippen LogP contribution in [0.5, 0.6) is 11.5 Å². The molecule has 1 aromatic carbocycles. The summed E-state index contributed by atoms with van der Waals surface area (Å²) in [5.74, 6) is 1.83. The van der Waals surface area contributed by atoms with Crippen molar-refractivity contribution in [1.29, 1.82) is 0 Å². The molecule has 2 N–H and O–H groups in total. The third-order valence-electron chi connectivity index (χ3n) is 5.16. The standard InChI is InChI=1S/C17H22ClNO2/c1-9-7-11-13(17(19)5-3-4-6-17)15-12(8-10(2)20-15)14(18)16(11)21-9/h9-10H,3-8,19H2,1-2H3. The van der Waals surface area contributed by atoms with Crippen LogP contribution >= 0.6 is 11.6 Å². The lowest BCUT2D eigenvalue weighted by atomic mass is 9.82. The molecule has 0 saturated heterocycles. The molecule has 1 saturated carbocycles. The van der Waals surface area contributed by atoms with Gasteiger partial charge in [0.25, 0.3) is 0 Å². The van der Waals surface area contributed by atoms with Crippen LogP contribution in [0.15, 0.2) is 0 Å². The van der Waals surface area contributed by atoms with Crippen LogP contribution in [-0.4, -0.2) is 12.2 Å². The summed E-state index contributed by atoms with van der Waals surface area (Å²) < 4.78 is 12.1. The highest BCUT2D eigenvalue weighted by Crippen LogP contribution is 2.54. The fourth-order valence-corrected chi connectivity index (χ4v) is 4.57. The zero-order valence-electron chi connectivity index (χ0n) is 12.7. The normalized spacial score (nSPS) is 29.0. The second kappa shape index (κ2) is 4.53. The van der Waals surface area contributed by atoms with Gasteiger partial charge in [-0.25, -0.2) is 0 Å². The fraction of sp³-hybridized carbons (Fsp3) is 0.647. The SMILES string of the molecule is CC1Cc2c(c(Cl)c3c(c2C2(N)CCCC2)OC(C)C3)O1. The van der Waals surface area contributed by atoms with E-state index in [4.69, 9.17) is 26.8 Å². The zero-order valence-corrected chi connectivity index (χ0v) is 13.4. The Morgan fingerprint density at radius 1 is 1.00 bits per heavy atom. The molecule has 4 rings (SSSR count). The van der Waals surface area contributed by atoms with Crippen LogP contribution in [0.2, 0.25) is 5.02 Å². The quantitative estimate of drug-likeness (QED) is 0.860. The smallest absolute Gasteiger partial charge is 0.142 e. The topological polar surface area (TPSA) is 44.5 Å². The monoisotopic (exact) mass is 307 g/mol. The van der Waals surface area contributed by atoms with E-state index in [9.17, 15) is 0 Å². The molecule has 2 atom stereocenters. The van der Waals surface area contributed by atoms with Gasteiger partial charge in [-0.05, 0) is 26.7 Å². The zero-order chi connectivity index (χ0) is 14.8. The van der Waals surface area contributed by atoms with Crippen LogP contribution in [0.3, 0.4) is 0 Å². The largest absolute Gasteiger partial charge is 0.490 e. The van der Waals surface area contributed by atoms with Crippen molar-refractivity contribution in [3.05, 3.63) is 21.7 Å². The van der Waals surface area contributed by atoms with Gasteiger partial charge in [-0.1, -0.05) is 24.4 Å². The minimum atomic E-state index is -0.268. The summed E-state index contributed by atoms with van der Waals surface area (Å²) in [5, 5.41) is 0.749. The van der Waals surface area contributed by atoms with Gasteiger partial charge in [-0.3, -0.25) is 0 Å². The van der Waals surface area contributed by atoms with Gasteiger partial charge in [-0.2, -0.15) is 0 Å². The number of halogens is 1. The number of fused-ring (bicyclic) bond motifs is 2. The molecule has 3 nitrogen and oxygen atoms in total. The third-order valence-corrected chi connectivity index (χ3v) is 5.56. The molecule has 2 unspecified atom stereocenters. The van der Waals surface area contributed by atoms with Crippen molar-refractivity contribution in [2.75, 3.05) is 0 Å². The molecule has 0 amide bonds. The van der Waals surface area contributed by atoms with Crippen molar-refractivity contribution < 1.29 is 9.47 Å². The molecule has 0 spiro atoms. The van der Waals surface area contributed by atoms with E-state index in [1.165, 1.54) is 24.0 Å². The lowest BCUT2D eigenvalue weighted by Crippen LogP contribution is -2.34. The summed E-state index contributed by atoms with van der Waals surface area (Å²) in [5.41, 5.74) is 10.0. The maximum Gasteiger partial charge on any atom is 0.142 e. The Morgan fingerprint density at radius 3 is 2.24 bits per heavy atom. The highest BCUT2D eigenvalue weighted by Gasteiger charge is 2.43. The van der Waals surface area contributed by atoms with Gasteiger partial charge < -0.3 is 15.2 Å². The van der Waals surface area contributed by atoms with Crippen molar-refractivity contribution in [1.82, 2.24) is 0 Å². The molecule has 2 aliphatic heterocycles. The van der Waals surface area contributed by atoms with Gasteiger partial charge >= 0.3 is 0 Å². The lowest BCUT2D eigenvalue weighted by molar-refractivity contribution is 0.246. The summed E-state index contributed by atoms with van der Waals surface area (Å²) in [4.78, 5) is 0. The summed E-state index contributed by atoms with van der Waals surface area (Å²) in [6.07, 6.45) is 6.50. The second-order valence-electron chi connectivity index (χ2n) is 6.93. The first kappa shape index (κ1) is 13.7. The molecular formula is C17H22ClNO2. The molecule has 0 aromatic heterocycles. The van der Waals surface area contributed by atoms with Gasteiger partial charge in [0.2, 0.25) is 0 Å². The van der Waals surface area contributed by atoms with E-state index in [-0.39, 0.29) is 17.7 Å². The Hall–Kier alpha value is -0.930. The number of ether oxygens (including phenoxy) is 2. The fourth-order valence-electron chi connectivity index (χ4n) is 4.24. The molecular weight excluding hydrogens is 286 g/mol. The number of benzene rings is 1. The highest BCUT2D eigenvalue weighted by molar-refractivity contribution is 6.33. The Bertz CT molecular complexity index is 568. The van der Waals surface area contributed by atoms with E-state index >= 15 is 0 Å². The first-order valence-electron chi connectivity index (χ1n) is 7.99. The molecule has 21 heavy (non-hydrogen) atoms. The molecule has 0 bridgehead atoms. The third kappa shape index (κ3) is 1.90. The number of rotatable bonds is 1. The Labute approximate surface area is 130 Å². The van der Waals surface area contributed by atoms with Gasteiger partial charge in [0.1, 0.15) is 23.7 Å². The van der Waals surface area contributed by atoms with Gasteiger partial charge in [0.05, 0.1) is 5.02 Å². The summed E-state index contributed by atoms with van der Waals surface area (Å²) >= 11 is 6.61. The van der Waals surface area contributed by atoms with Crippen molar-refractivity contribution in [3.8, 4) is 11.5 Å². The van der Waals surface area contributed by atoms with Crippen LogP contribution in [0.4, 0.5) is 0 Å². The molecule has 1 fully saturated rings. The van der Waals surface area contributed by atoms with E-state index in [0.717, 1.165) is 47.8 Å². The summed E-state index contributed by atoms with van der Waals surface area (Å²) in [6.45, 7) is 4.18. The molecule has 3 aliphatic rings. The predicted octanol–water partition coefficient (Wildman–Crippen LogP) is 3.71. The Balaban J connectivity index is 1.97. The second-order valence-corrected chi connectivity index (χ2v) is 7.31. The van der Waals surface area contributed by atoms with E-state index in [1.807, 2.05) is 0 Å². The van der Waals surface area contributed by atoms with Crippen molar-refractivity contribution in [3.63, 3.8) is 0 Å². The van der Waals surface area contributed by atoms with Crippen LogP contribution in [0, 0.1) is 0 Å². The van der Waals surface area contributed by atoms with Crippen molar-refractivity contribution >= 4 is 11.6 Å². The minimum Gasteiger partial charge on any atom is -0.490 e. The van der Waals surface area contributed by atoms with E-state index in [0.29, 0.717) is 0 Å². The first-order valence-corrected chi connectivity index (χ1v) is 8.37. The van der Waals surface area contributed by atoms with Crippen molar-refractivity contribution in [2.24, 2.45) is 5.73 Å². The molecule has 114 valence electrons. The molecule has 1 aliphatic carbocycles. The average Bonchev–Trinajstić information content (AvgIpc) is 3.09. The lowest BCUT2D eigenvalue weighted by Gasteiger charge is -2.29. The van der Waals surface area contributed by atoms with Crippen LogP contribution < -0.4 is 15.2 Å². The van der Waals surface area contributed by atoms with Crippen LogP contribution in [0.1, 0.15) is 56.2 Å².